The third kappa shape index (κ3) is 17.0. The number of anilines is 1. The van der Waals surface area contributed by atoms with Gasteiger partial charge in [-0.1, -0.05) is 26.0 Å². The van der Waals surface area contributed by atoms with E-state index in [1.807, 2.05) is 0 Å². The first-order valence-corrected chi connectivity index (χ1v) is 8.87. The molecule has 0 aliphatic rings. The van der Waals surface area contributed by atoms with Gasteiger partial charge in [0.1, 0.15) is 12.1 Å². The number of hydrogen-bond donors (Lipinski definition) is 8. The lowest BCUT2D eigenvalue weighted by Gasteiger charge is -2.07. The Labute approximate surface area is 170 Å². The Hall–Kier alpha value is -2.89. The number of benzene rings is 1. The van der Waals surface area contributed by atoms with Gasteiger partial charge in [-0.25, -0.2) is 4.79 Å². The molecule has 12 N–H and O–H groups in total. The number of urea groups is 1. The van der Waals surface area contributed by atoms with Crippen LogP contribution in [0.1, 0.15) is 32.3 Å². The van der Waals surface area contributed by atoms with Gasteiger partial charge < -0.3 is 43.6 Å². The van der Waals surface area contributed by atoms with Crippen LogP contribution >= 0.6 is 0 Å². The molecular formula is C18H33N5O6. The number of amides is 2. The topological polar surface area (TPSA) is 228 Å². The van der Waals surface area contributed by atoms with Crippen LogP contribution in [0.15, 0.2) is 24.3 Å². The molecule has 0 unspecified atom stereocenters. The predicted molar refractivity (Wildman–Crippen MR) is 110 cm³/mol. The Morgan fingerprint density at radius 3 is 1.86 bits per heavy atom. The van der Waals surface area contributed by atoms with Crippen molar-refractivity contribution in [1.82, 2.24) is 5.32 Å². The normalized spacial score (nSPS) is 11.8. The fraction of sp³-hybridized carbons (Fsp3) is 0.500. The standard InChI is InChI=1S/C7H9NO.C6H13N3O3.C5H11NO2/c8-7-3-1-6(5-9)2-4-7;7-4(5(10)11)2-1-3-9-6(8)12;1-3(2)4(6)5(7)8/h1-4,9H,5,8H2;4H,1-3,7H2,(H,10,11)(H3,8,9,12);3-4H,6H2,1-2H3,(H,7,8)/t;2*4-/m.00/s1. The molecule has 0 aliphatic carbocycles. The largest absolute Gasteiger partial charge is 0.480 e. The first kappa shape index (κ1) is 28.3. The summed E-state index contributed by atoms with van der Waals surface area (Å²) in [6.45, 7) is 3.99. The van der Waals surface area contributed by atoms with Crippen LogP contribution in [0.2, 0.25) is 0 Å². The summed E-state index contributed by atoms with van der Waals surface area (Å²) >= 11 is 0. The number of aliphatic hydroxyl groups excluding tert-OH is 1. The minimum Gasteiger partial charge on any atom is -0.480 e. The lowest BCUT2D eigenvalue weighted by molar-refractivity contribution is -0.140. The van der Waals surface area contributed by atoms with Crippen molar-refractivity contribution in [2.24, 2.45) is 23.1 Å². The van der Waals surface area contributed by atoms with Gasteiger partial charge in [0.25, 0.3) is 0 Å². The number of carbonyl (C=O) groups is 3. The number of nitrogens with two attached hydrogens (primary N) is 4. The van der Waals surface area contributed by atoms with Crippen LogP contribution in [0.5, 0.6) is 0 Å². The van der Waals surface area contributed by atoms with Gasteiger partial charge >= 0.3 is 18.0 Å². The summed E-state index contributed by atoms with van der Waals surface area (Å²) < 4.78 is 0. The lowest BCUT2D eigenvalue weighted by Crippen LogP contribution is -2.34. The number of rotatable bonds is 8. The van der Waals surface area contributed by atoms with Gasteiger partial charge in [-0.15, -0.1) is 0 Å². The van der Waals surface area contributed by atoms with Crippen LogP contribution in [0.3, 0.4) is 0 Å². The highest BCUT2D eigenvalue weighted by molar-refractivity contribution is 5.73. The molecule has 2 amide bonds. The van der Waals surface area contributed by atoms with Crippen LogP contribution in [-0.2, 0) is 16.2 Å². The van der Waals surface area contributed by atoms with E-state index in [0.717, 1.165) is 11.3 Å². The molecule has 29 heavy (non-hydrogen) atoms. The number of primary amides is 1. The third-order valence-electron chi connectivity index (χ3n) is 3.47. The molecule has 0 aliphatic heterocycles. The number of nitrogens with one attached hydrogen (secondary N) is 1. The number of carboxylic acids is 2. The predicted octanol–water partition coefficient (Wildman–Crippen LogP) is -0.338. The van der Waals surface area contributed by atoms with E-state index < -0.39 is 30.1 Å². The molecule has 1 aromatic carbocycles. The van der Waals surface area contributed by atoms with Crippen molar-refractivity contribution in [3.05, 3.63) is 29.8 Å². The Morgan fingerprint density at radius 1 is 1.03 bits per heavy atom. The zero-order valence-electron chi connectivity index (χ0n) is 16.7. The summed E-state index contributed by atoms with van der Waals surface area (Å²) in [6.07, 6.45) is 0.839. The Kier molecular flexibility index (Phi) is 15.7. The van der Waals surface area contributed by atoms with Gasteiger partial charge in [-0.2, -0.15) is 0 Å². The van der Waals surface area contributed by atoms with Crippen molar-refractivity contribution in [1.29, 1.82) is 0 Å². The number of hydrogen-bond acceptors (Lipinski definition) is 7. The van der Waals surface area contributed by atoms with Gasteiger partial charge in [0.15, 0.2) is 0 Å². The molecule has 11 nitrogen and oxygen atoms in total. The number of carbonyl (C=O) groups excluding carboxylic acids is 1. The maximum atomic E-state index is 10.2. The number of nitrogen functional groups attached to an aromatic ring is 1. The van der Waals surface area contributed by atoms with Crippen LogP contribution in [0.25, 0.3) is 0 Å². The molecule has 1 rings (SSSR count). The quantitative estimate of drug-likeness (QED) is 0.205. The molecule has 0 heterocycles. The van der Waals surface area contributed by atoms with Crippen molar-refractivity contribution in [2.75, 3.05) is 12.3 Å². The minimum absolute atomic E-state index is 0.0208. The average molecular weight is 415 g/mol. The van der Waals surface area contributed by atoms with E-state index in [1.54, 1.807) is 38.1 Å². The van der Waals surface area contributed by atoms with Crippen molar-refractivity contribution in [3.8, 4) is 0 Å². The monoisotopic (exact) mass is 415 g/mol. The van der Waals surface area contributed by atoms with E-state index >= 15 is 0 Å². The zero-order chi connectivity index (χ0) is 23.0. The summed E-state index contributed by atoms with van der Waals surface area (Å²) in [5.74, 6) is -1.94. The van der Waals surface area contributed by atoms with Crippen molar-refractivity contribution in [2.45, 2.75) is 45.4 Å². The second-order valence-corrected chi connectivity index (χ2v) is 6.39. The van der Waals surface area contributed by atoms with Gasteiger partial charge in [-0.3, -0.25) is 9.59 Å². The highest BCUT2D eigenvalue weighted by atomic mass is 16.4. The number of carboxylic acid groups (broad SMARTS) is 2. The van der Waals surface area contributed by atoms with E-state index in [2.05, 4.69) is 5.32 Å². The van der Waals surface area contributed by atoms with Gasteiger partial charge in [0, 0.05) is 12.2 Å². The van der Waals surface area contributed by atoms with Crippen LogP contribution in [0.4, 0.5) is 10.5 Å². The Morgan fingerprint density at radius 2 is 1.55 bits per heavy atom. The fourth-order valence-corrected chi connectivity index (χ4v) is 1.57. The molecule has 0 spiro atoms. The third-order valence-corrected chi connectivity index (χ3v) is 3.47. The summed E-state index contributed by atoms with van der Waals surface area (Å²) in [4.78, 5) is 30.3. The van der Waals surface area contributed by atoms with Gasteiger partial charge in [-0.05, 0) is 36.5 Å². The zero-order valence-corrected chi connectivity index (χ0v) is 16.7. The second kappa shape index (κ2) is 16.1. The smallest absolute Gasteiger partial charge is 0.320 e. The summed E-state index contributed by atoms with van der Waals surface area (Å²) in [6, 6.07) is 4.95. The van der Waals surface area contributed by atoms with Crippen molar-refractivity contribution >= 4 is 23.7 Å². The van der Waals surface area contributed by atoms with E-state index in [1.165, 1.54) is 0 Å². The first-order chi connectivity index (χ1) is 13.4. The molecule has 1 aromatic rings. The molecule has 0 bridgehead atoms. The molecule has 0 saturated heterocycles. The van der Waals surface area contributed by atoms with Gasteiger partial charge in [0.2, 0.25) is 0 Å². The molecular weight excluding hydrogens is 382 g/mol. The maximum Gasteiger partial charge on any atom is 0.320 e. The molecule has 0 radical (unpaired) electrons. The van der Waals surface area contributed by atoms with Crippen LogP contribution in [-0.4, -0.2) is 51.9 Å². The lowest BCUT2D eigenvalue weighted by atomic mass is 10.1. The molecule has 0 saturated carbocycles. The SMILES string of the molecule is CC(C)[C@H](N)C(=O)O.NC(=O)NCCC[C@H](N)C(=O)O.Nc1ccc(CO)cc1. The van der Waals surface area contributed by atoms with Crippen LogP contribution < -0.4 is 28.3 Å². The van der Waals surface area contributed by atoms with E-state index in [4.69, 9.17) is 38.3 Å². The Balaban J connectivity index is 0. The van der Waals surface area contributed by atoms with Gasteiger partial charge in [0.05, 0.1) is 6.61 Å². The molecule has 0 fully saturated rings. The van der Waals surface area contributed by atoms with Crippen molar-refractivity contribution in [3.63, 3.8) is 0 Å². The molecule has 166 valence electrons. The molecule has 2 atom stereocenters. The van der Waals surface area contributed by atoms with Crippen molar-refractivity contribution < 1.29 is 29.7 Å². The average Bonchev–Trinajstić information content (AvgIpc) is 2.65. The Bertz CT molecular complexity index is 609. The molecule has 0 aromatic heterocycles. The first-order valence-electron chi connectivity index (χ1n) is 8.87. The summed E-state index contributed by atoms with van der Waals surface area (Å²) in [5, 5.41) is 27.5. The fourth-order valence-electron chi connectivity index (χ4n) is 1.57. The summed E-state index contributed by atoms with van der Waals surface area (Å²) in [7, 11) is 0. The second-order valence-electron chi connectivity index (χ2n) is 6.39. The number of aliphatic carboxylic acids is 2. The number of aliphatic hydroxyl groups is 1. The maximum absolute atomic E-state index is 10.2. The van der Waals surface area contributed by atoms with E-state index in [0.29, 0.717) is 19.4 Å². The van der Waals surface area contributed by atoms with E-state index in [9.17, 15) is 14.4 Å². The highest BCUT2D eigenvalue weighted by Gasteiger charge is 2.14. The minimum atomic E-state index is -1.03. The summed E-state index contributed by atoms with van der Waals surface area (Å²) in [5.41, 5.74) is 22.1. The van der Waals surface area contributed by atoms with E-state index in [-0.39, 0.29) is 12.5 Å². The highest BCUT2D eigenvalue weighted by Crippen LogP contribution is 2.04. The molecule has 11 heteroatoms. The van der Waals surface area contributed by atoms with Crippen LogP contribution in [0, 0.1) is 5.92 Å².